The number of sulfonamides is 1. The fourth-order valence-corrected chi connectivity index (χ4v) is 4.53. The maximum Gasteiger partial charge on any atom is 0.266 e. The minimum absolute atomic E-state index is 0.0270. The molecule has 0 aromatic heterocycles. The van der Waals surface area contributed by atoms with Crippen LogP contribution >= 0.6 is 24.0 Å². The third kappa shape index (κ3) is 5.91. The molecule has 2 aromatic carbocycles. The summed E-state index contributed by atoms with van der Waals surface area (Å²) in [6, 6.07) is 12.7. The van der Waals surface area contributed by atoms with Crippen LogP contribution in [0, 0.1) is 0 Å². The highest BCUT2D eigenvalue weighted by Crippen LogP contribution is 2.32. The number of benzene rings is 2. The Balaban J connectivity index is 1.58. The zero-order valence-corrected chi connectivity index (χ0v) is 18.9. The van der Waals surface area contributed by atoms with E-state index < -0.39 is 10.0 Å². The summed E-state index contributed by atoms with van der Waals surface area (Å²) in [5, 5.41) is 7.69. The zero-order valence-electron chi connectivity index (χ0n) is 16.4. The zero-order chi connectivity index (χ0) is 22.6. The Morgan fingerprint density at radius 1 is 1.19 bits per heavy atom. The molecule has 0 unspecified atom stereocenters. The van der Waals surface area contributed by atoms with E-state index in [4.69, 9.17) is 22.1 Å². The number of anilines is 1. The van der Waals surface area contributed by atoms with Crippen molar-refractivity contribution in [1.29, 1.82) is 0 Å². The van der Waals surface area contributed by atoms with Crippen LogP contribution in [0.3, 0.4) is 0 Å². The monoisotopic (exact) mass is 477 g/mol. The number of nitrogens with one attached hydrogen (secondary N) is 1. The van der Waals surface area contributed by atoms with Crippen LogP contribution < -0.4 is 15.2 Å². The van der Waals surface area contributed by atoms with Gasteiger partial charge in [-0.25, -0.2) is 13.6 Å². The molecule has 3 rings (SSSR count). The normalized spacial score (nSPS) is 15.4. The second-order valence-electron chi connectivity index (χ2n) is 6.47. The lowest BCUT2D eigenvalue weighted by atomic mass is 10.2. The third-order valence-corrected chi connectivity index (χ3v) is 6.62. The van der Waals surface area contributed by atoms with E-state index in [0.29, 0.717) is 14.9 Å². The van der Waals surface area contributed by atoms with Gasteiger partial charge in [-0.15, -0.1) is 0 Å². The number of ether oxygens (including phenoxy) is 1. The average Bonchev–Trinajstić information content (AvgIpc) is 2.99. The van der Waals surface area contributed by atoms with Gasteiger partial charge in [-0.1, -0.05) is 36.1 Å². The predicted molar refractivity (Wildman–Crippen MR) is 124 cm³/mol. The lowest BCUT2D eigenvalue weighted by molar-refractivity contribution is -0.122. The van der Waals surface area contributed by atoms with Crippen LogP contribution in [0.2, 0.25) is 0 Å². The number of rotatable bonds is 7. The Kier molecular flexibility index (Phi) is 7.11. The molecule has 2 amide bonds. The van der Waals surface area contributed by atoms with Crippen molar-refractivity contribution in [1.82, 2.24) is 4.90 Å². The van der Waals surface area contributed by atoms with Crippen molar-refractivity contribution >= 4 is 61.9 Å². The molecule has 1 aliphatic heterocycles. The Labute approximate surface area is 189 Å². The second kappa shape index (κ2) is 9.60. The number of nitrogens with zero attached hydrogens (tertiary/aromatic N) is 1. The molecule has 162 valence electrons. The minimum Gasteiger partial charge on any atom is -0.497 e. The smallest absolute Gasteiger partial charge is 0.266 e. The largest absolute Gasteiger partial charge is 0.497 e. The highest BCUT2D eigenvalue weighted by Gasteiger charge is 2.32. The SMILES string of the molecule is COc1ccc(C=C2SC(=S)N(CCC(=O)Nc3ccc(S(N)(=O)=O)cc3)C2=O)cc1. The lowest BCUT2D eigenvalue weighted by Crippen LogP contribution is -2.31. The van der Waals surface area contributed by atoms with Crippen LogP contribution in [-0.4, -0.2) is 43.1 Å². The van der Waals surface area contributed by atoms with Crippen molar-refractivity contribution in [2.24, 2.45) is 5.14 Å². The fraction of sp³-hybridized carbons (Fsp3) is 0.150. The molecule has 0 atom stereocenters. The average molecular weight is 478 g/mol. The van der Waals surface area contributed by atoms with Crippen molar-refractivity contribution in [2.75, 3.05) is 19.0 Å². The quantitative estimate of drug-likeness (QED) is 0.465. The molecule has 0 bridgehead atoms. The summed E-state index contributed by atoms with van der Waals surface area (Å²) in [5.74, 6) is 0.127. The summed E-state index contributed by atoms with van der Waals surface area (Å²) in [6.07, 6.45) is 1.77. The molecular weight excluding hydrogens is 458 g/mol. The second-order valence-corrected chi connectivity index (χ2v) is 9.71. The molecular formula is C20H19N3O5S3. The molecule has 1 saturated heterocycles. The first-order valence-corrected chi connectivity index (χ1v) is 11.8. The van der Waals surface area contributed by atoms with Crippen molar-refractivity contribution in [3.05, 3.63) is 59.0 Å². The summed E-state index contributed by atoms with van der Waals surface area (Å²) >= 11 is 6.47. The third-order valence-electron chi connectivity index (χ3n) is 4.32. The number of amides is 2. The molecule has 0 spiro atoms. The summed E-state index contributed by atoms with van der Waals surface area (Å²) in [7, 11) is -2.22. The maximum atomic E-state index is 12.7. The van der Waals surface area contributed by atoms with Crippen molar-refractivity contribution < 1.29 is 22.7 Å². The van der Waals surface area contributed by atoms with Gasteiger partial charge in [0.15, 0.2) is 0 Å². The lowest BCUT2D eigenvalue weighted by Gasteiger charge is -2.14. The molecule has 1 heterocycles. The molecule has 0 saturated carbocycles. The maximum absolute atomic E-state index is 12.7. The number of thiocarbonyl (C=S) groups is 1. The number of nitrogens with two attached hydrogens (primary N) is 1. The molecule has 0 aliphatic carbocycles. The van der Waals surface area contributed by atoms with Gasteiger partial charge in [0.05, 0.1) is 16.9 Å². The number of primary sulfonamides is 1. The molecule has 0 radical (unpaired) electrons. The Morgan fingerprint density at radius 3 is 2.42 bits per heavy atom. The van der Waals surface area contributed by atoms with E-state index >= 15 is 0 Å². The summed E-state index contributed by atoms with van der Waals surface area (Å²) < 4.78 is 28.1. The highest BCUT2D eigenvalue weighted by atomic mass is 32.2. The predicted octanol–water partition coefficient (Wildman–Crippen LogP) is 2.57. The van der Waals surface area contributed by atoms with E-state index in [-0.39, 0.29) is 29.7 Å². The summed E-state index contributed by atoms with van der Waals surface area (Å²) in [4.78, 5) is 26.7. The van der Waals surface area contributed by atoms with Gasteiger partial charge in [-0.05, 0) is 48.0 Å². The summed E-state index contributed by atoms with van der Waals surface area (Å²) in [5.41, 5.74) is 1.25. The van der Waals surface area contributed by atoms with Gasteiger partial charge >= 0.3 is 0 Å². The van der Waals surface area contributed by atoms with Gasteiger partial charge < -0.3 is 10.1 Å². The standard InChI is InChI=1S/C20H19N3O5S3/c1-28-15-6-2-13(3-7-15)12-17-19(25)23(20(29)30-17)11-10-18(24)22-14-4-8-16(9-5-14)31(21,26)27/h2-9,12H,10-11H2,1H3,(H,22,24)(H2,21,26,27). The first-order chi connectivity index (χ1) is 14.7. The van der Waals surface area contributed by atoms with Gasteiger partial charge in [0.25, 0.3) is 5.91 Å². The number of hydrogen-bond acceptors (Lipinski definition) is 7. The number of thioether (sulfide) groups is 1. The van der Waals surface area contributed by atoms with Crippen LogP contribution in [0.15, 0.2) is 58.3 Å². The van der Waals surface area contributed by atoms with Gasteiger partial charge in [0.2, 0.25) is 15.9 Å². The Hall–Kier alpha value is -2.73. The van der Waals surface area contributed by atoms with Crippen molar-refractivity contribution in [3.8, 4) is 5.75 Å². The molecule has 3 N–H and O–H groups in total. The number of hydrogen-bond donors (Lipinski definition) is 2. The first kappa shape index (κ1) is 22.9. The van der Waals surface area contributed by atoms with Crippen LogP contribution in [0.1, 0.15) is 12.0 Å². The Morgan fingerprint density at radius 2 is 1.84 bits per heavy atom. The van der Waals surface area contributed by atoms with Crippen LogP contribution in [0.25, 0.3) is 6.08 Å². The molecule has 1 aliphatic rings. The van der Waals surface area contributed by atoms with Crippen molar-refractivity contribution in [2.45, 2.75) is 11.3 Å². The van der Waals surface area contributed by atoms with E-state index in [9.17, 15) is 18.0 Å². The number of carbonyl (C=O) groups excluding carboxylic acids is 2. The molecule has 31 heavy (non-hydrogen) atoms. The first-order valence-electron chi connectivity index (χ1n) is 8.99. The van der Waals surface area contributed by atoms with Crippen molar-refractivity contribution in [3.63, 3.8) is 0 Å². The van der Waals surface area contributed by atoms with E-state index in [1.54, 1.807) is 25.3 Å². The van der Waals surface area contributed by atoms with Gasteiger partial charge in [-0.3, -0.25) is 14.5 Å². The fourth-order valence-electron chi connectivity index (χ4n) is 2.71. The van der Waals surface area contributed by atoms with Gasteiger partial charge in [-0.2, -0.15) is 0 Å². The van der Waals surface area contributed by atoms with Gasteiger partial charge in [0.1, 0.15) is 10.1 Å². The van der Waals surface area contributed by atoms with Crippen LogP contribution in [0.5, 0.6) is 5.75 Å². The number of methoxy groups -OCH3 is 1. The van der Waals surface area contributed by atoms with E-state index in [0.717, 1.165) is 11.3 Å². The molecule has 2 aromatic rings. The van der Waals surface area contributed by atoms with Crippen LogP contribution in [-0.2, 0) is 19.6 Å². The minimum atomic E-state index is -3.80. The van der Waals surface area contributed by atoms with Crippen LogP contribution in [0.4, 0.5) is 5.69 Å². The molecule has 1 fully saturated rings. The summed E-state index contributed by atoms with van der Waals surface area (Å²) in [6.45, 7) is 0.131. The molecule has 8 nitrogen and oxygen atoms in total. The Bertz CT molecular complexity index is 1140. The van der Waals surface area contributed by atoms with E-state index in [1.807, 2.05) is 12.1 Å². The topological polar surface area (TPSA) is 119 Å². The van der Waals surface area contributed by atoms with E-state index in [2.05, 4.69) is 5.32 Å². The molecule has 11 heteroatoms. The highest BCUT2D eigenvalue weighted by molar-refractivity contribution is 8.26. The number of carbonyl (C=O) groups is 2. The van der Waals surface area contributed by atoms with E-state index in [1.165, 1.54) is 40.9 Å². The van der Waals surface area contributed by atoms with Gasteiger partial charge in [0, 0.05) is 18.7 Å².